The molecule has 1 aromatic heterocycles. The fourth-order valence-corrected chi connectivity index (χ4v) is 3.76. The number of rotatable bonds is 2. The highest BCUT2D eigenvalue weighted by Crippen LogP contribution is 2.48. The Labute approximate surface area is 130 Å². The molecular weight excluding hydrogens is 276 g/mol. The van der Waals surface area contributed by atoms with E-state index in [2.05, 4.69) is 5.16 Å². The summed E-state index contributed by atoms with van der Waals surface area (Å²) in [6, 6.07) is 9.75. The molecule has 4 heteroatoms. The van der Waals surface area contributed by atoms with Gasteiger partial charge in [0.2, 0.25) is 0 Å². The van der Waals surface area contributed by atoms with Crippen LogP contribution in [0, 0.1) is 12.3 Å². The van der Waals surface area contributed by atoms with Gasteiger partial charge in [-0.1, -0.05) is 41.9 Å². The fourth-order valence-electron chi connectivity index (χ4n) is 3.76. The maximum atomic E-state index is 13.0. The standard InChI is InChI=1S/C18H20N2O2/c1-13-15(16(22-19-13)14-6-3-2-4-7-14)17(21)20-11-10-18(12-20)8-5-9-18/h2-4,6-7H,5,8-12H2,1H3. The molecule has 4 nitrogen and oxygen atoms in total. The van der Waals surface area contributed by atoms with Crippen molar-refractivity contribution in [2.45, 2.75) is 32.6 Å². The number of hydrogen-bond acceptors (Lipinski definition) is 3. The number of nitrogens with zero attached hydrogens (tertiary/aromatic N) is 2. The molecular formula is C18H20N2O2. The van der Waals surface area contributed by atoms with Crippen molar-refractivity contribution in [3.8, 4) is 11.3 Å². The van der Waals surface area contributed by atoms with Crippen LogP contribution in [0.15, 0.2) is 34.9 Å². The van der Waals surface area contributed by atoms with E-state index in [1.165, 1.54) is 19.3 Å². The van der Waals surface area contributed by atoms with Crippen molar-refractivity contribution in [2.75, 3.05) is 13.1 Å². The Morgan fingerprint density at radius 3 is 2.64 bits per heavy atom. The molecule has 2 fully saturated rings. The molecule has 2 aromatic rings. The number of carbonyl (C=O) groups is 1. The predicted molar refractivity (Wildman–Crippen MR) is 83.5 cm³/mol. The quantitative estimate of drug-likeness (QED) is 0.849. The predicted octanol–water partition coefficient (Wildman–Crippen LogP) is 3.67. The molecule has 114 valence electrons. The molecule has 1 aliphatic heterocycles. The summed E-state index contributed by atoms with van der Waals surface area (Å²) in [6.07, 6.45) is 4.99. The summed E-state index contributed by atoms with van der Waals surface area (Å²) < 4.78 is 5.46. The minimum Gasteiger partial charge on any atom is -0.355 e. The summed E-state index contributed by atoms with van der Waals surface area (Å²) in [7, 11) is 0. The van der Waals surface area contributed by atoms with Gasteiger partial charge < -0.3 is 9.42 Å². The van der Waals surface area contributed by atoms with E-state index in [0.717, 1.165) is 25.1 Å². The molecule has 22 heavy (non-hydrogen) atoms. The van der Waals surface area contributed by atoms with Crippen LogP contribution in [0.2, 0.25) is 0 Å². The van der Waals surface area contributed by atoms with Crippen LogP contribution in [0.3, 0.4) is 0 Å². The van der Waals surface area contributed by atoms with Crippen LogP contribution in [0.5, 0.6) is 0 Å². The van der Waals surface area contributed by atoms with Gasteiger partial charge in [-0.05, 0) is 31.6 Å². The van der Waals surface area contributed by atoms with Crippen molar-refractivity contribution >= 4 is 5.91 Å². The molecule has 1 spiro atoms. The van der Waals surface area contributed by atoms with E-state index in [1.54, 1.807) is 0 Å². The van der Waals surface area contributed by atoms with Crippen LogP contribution in [0.25, 0.3) is 11.3 Å². The van der Waals surface area contributed by atoms with Crippen LogP contribution in [-0.2, 0) is 0 Å². The maximum Gasteiger partial charge on any atom is 0.259 e. The number of hydrogen-bond donors (Lipinski definition) is 0. The van der Waals surface area contributed by atoms with E-state index >= 15 is 0 Å². The summed E-state index contributed by atoms with van der Waals surface area (Å²) >= 11 is 0. The van der Waals surface area contributed by atoms with Gasteiger partial charge in [0.05, 0.1) is 5.69 Å². The number of benzene rings is 1. The second-order valence-corrected chi connectivity index (χ2v) is 6.67. The van der Waals surface area contributed by atoms with Crippen molar-refractivity contribution < 1.29 is 9.32 Å². The molecule has 0 atom stereocenters. The SMILES string of the molecule is Cc1noc(-c2ccccc2)c1C(=O)N1CCC2(CCC2)C1. The molecule has 4 rings (SSSR count). The number of likely N-dealkylation sites (tertiary alicyclic amines) is 1. The first-order valence-electron chi connectivity index (χ1n) is 8.00. The van der Waals surface area contributed by atoms with Crippen LogP contribution >= 0.6 is 0 Å². The summed E-state index contributed by atoms with van der Waals surface area (Å²) in [5.74, 6) is 0.666. The molecule has 1 aliphatic carbocycles. The molecule has 0 bridgehead atoms. The Bertz CT molecular complexity index is 701. The molecule has 0 unspecified atom stereocenters. The molecule has 1 saturated heterocycles. The molecule has 1 saturated carbocycles. The summed E-state index contributed by atoms with van der Waals surface area (Å²) in [5, 5.41) is 4.03. The van der Waals surface area contributed by atoms with E-state index < -0.39 is 0 Å². The average Bonchev–Trinajstić information content (AvgIpc) is 3.11. The first-order chi connectivity index (χ1) is 10.7. The third-order valence-electron chi connectivity index (χ3n) is 5.25. The molecule has 1 amide bonds. The van der Waals surface area contributed by atoms with Crippen molar-refractivity contribution in [2.24, 2.45) is 5.41 Å². The lowest BCUT2D eigenvalue weighted by atomic mass is 9.68. The minimum atomic E-state index is 0.0707. The fraction of sp³-hybridized carbons (Fsp3) is 0.444. The number of aromatic nitrogens is 1. The molecule has 2 aliphatic rings. The highest BCUT2D eigenvalue weighted by Gasteiger charge is 2.45. The second-order valence-electron chi connectivity index (χ2n) is 6.67. The Morgan fingerprint density at radius 2 is 2.00 bits per heavy atom. The number of amides is 1. The third-order valence-corrected chi connectivity index (χ3v) is 5.25. The zero-order valence-corrected chi connectivity index (χ0v) is 12.8. The second kappa shape index (κ2) is 4.97. The molecule has 1 aromatic carbocycles. The van der Waals surface area contributed by atoms with Crippen molar-refractivity contribution in [3.05, 3.63) is 41.6 Å². The first-order valence-corrected chi connectivity index (χ1v) is 8.00. The van der Waals surface area contributed by atoms with Gasteiger partial charge in [-0.3, -0.25) is 4.79 Å². The highest BCUT2D eigenvalue weighted by atomic mass is 16.5. The van der Waals surface area contributed by atoms with Crippen LogP contribution in [0.4, 0.5) is 0 Å². The lowest BCUT2D eigenvalue weighted by molar-refractivity contribution is 0.0732. The van der Waals surface area contributed by atoms with E-state index in [0.29, 0.717) is 22.4 Å². The maximum absolute atomic E-state index is 13.0. The third kappa shape index (κ3) is 2.05. The normalized spacial score (nSPS) is 19.4. The van der Waals surface area contributed by atoms with Gasteiger partial charge >= 0.3 is 0 Å². The number of carbonyl (C=O) groups excluding carboxylic acids is 1. The van der Waals surface area contributed by atoms with Crippen LogP contribution in [-0.4, -0.2) is 29.1 Å². The lowest BCUT2D eigenvalue weighted by Crippen LogP contribution is -2.36. The topological polar surface area (TPSA) is 46.3 Å². The Kier molecular flexibility index (Phi) is 3.06. The number of aryl methyl sites for hydroxylation is 1. The van der Waals surface area contributed by atoms with Gasteiger partial charge in [-0.25, -0.2) is 0 Å². The zero-order valence-electron chi connectivity index (χ0n) is 12.8. The average molecular weight is 296 g/mol. The van der Waals surface area contributed by atoms with Gasteiger partial charge in [0.1, 0.15) is 5.56 Å². The smallest absolute Gasteiger partial charge is 0.259 e. The monoisotopic (exact) mass is 296 g/mol. The van der Waals surface area contributed by atoms with E-state index in [1.807, 2.05) is 42.2 Å². The van der Waals surface area contributed by atoms with Gasteiger partial charge in [0.25, 0.3) is 5.91 Å². The Hall–Kier alpha value is -2.10. The first kappa shape index (κ1) is 13.6. The van der Waals surface area contributed by atoms with E-state index in [-0.39, 0.29) is 5.91 Å². The molecule has 0 radical (unpaired) electrons. The Balaban J connectivity index is 1.65. The summed E-state index contributed by atoms with van der Waals surface area (Å²) in [6.45, 7) is 3.60. The van der Waals surface area contributed by atoms with Crippen LogP contribution in [0.1, 0.15) is 41.7 Å². The van der Waals surface area contributed by atoms with Crippen molar-refractivity contribution in [1.29, 1.82) is 0 Å². The van der Waals surface area contributed by atoms with Crippen molar-refractivity contribution in [3.63, 3.8) is 0 Å². The van der Waals surface area contributed by atoms with E-state index in [4.69, 9.17) is 4.52 Å². The highest BCUT2D eigenvalue weighted by molar-refractivity contribution is 6.00. The summed E-state index contributed by atoms with van der Waals surface area (Å²) in [4.78, 5) is 15.0. The van der Waals surface area contributed by atoms with Gasteiger partial charge in [0.15, 0.2) is 5.76 Å². The largest absolute Gasteiger partial charge is 0.355 e. The van der Waals surface area contributed by atoms with Crippen molar-refractivity contribution in [1.82, 2.24) is 10.1 Å². The lowest BCUT2D eigenvalue weighted by Gasteiger charge is -2.37. The van der Waals surface area contributed by atoms with Gasteiger partial charge in [0, 0.05) is 18.7 Å². The minimum absolute atomic E-state index is 0.0707. The zero-order chi connectivity index (χ0) is 15.2. The van der Waals surface area contributed by atoms with E-state index in [9.17, 15) is 4.79 Å². The molecule has 2 heterocycles. The Morgan fingerprint density at radius 1 is 1.23 bits per heavy atom. The van der Waals surface area contributed by atoms with Gasteiger partial charge in [-0.2, -0.15) is 0 Å². The summed E-state index contributed by atoms with van der Waals surface area (Å²) in [5.41, 5.74) is 2.62. The van der Waals surface area contributed by atoms with Gasteiger partial charge in [-0.15, -0.1) is 0 Å². The molecule has 0 N–H and O–H groups in total. The van der Waals surface area contributed by atoms with Crippen LogP contribution < -0.4 is 0 Å².